The molecule has 0 aromatic carbocycles. The third kappa shape index (κ3) is 7.28. The predicted molar refractivity (Wildman–Crippen MR) is 84.6 cm³/mol. The fourth-order valence-electron chi connectivity index (χ4n) is 2.55. The minimum atomic E-state index is -0.154. The first-order valence-electron chi connectivity index (χ1n) is 8.02. The van der Waals surface area contributed by atoms with Crippen molar-refractivity contribution in [3.8, 4) is 0 Å². The van der Waals surface area contributed by atoms with Gasteiger partial charge in [-0.3, -0.25) is 0 Å². The van der Waals surface area contributed by atoms with E-state index in [0.29, 0.717) is 6.04 Å². The van der Waals surface area contributed by atoms with Gasteiger partial charge in [0.05, 0.1) is 6.61 Å². The van der Waals surface area contributed by atoms with Crippen LogP contribution in [-0.4, -0.2) is 47.8 Å². The number of hydrogen-bond acceptors (Lipinski definition) is 3. The van der Waals surface area contributed by atoms with Gasteiger partial charge in [-0.2, -0.15) is 0 Å². The largest absolute Gasteiger partial charge is 0.394 e. The second kappa shape index (κ2) is 9.73. The summed E-state index contributed by atoms with van der Waals surface area (Å²) >= 11 is 0. The number of rotatable bonds is 11. The molecule has 19 heavy (non-hydrogen) atoms. The molecule has 2 N–H and O–H groups in total. The zero-order valence-corrected chi connectivity index (χ0v) is 14.0. The highest BCUT2D eigenvalue weighted by Crippen LogP contribution is 2.18. The van der Waals surface area contributed by atoms with Crippen molar-refractivity contribution < 1.29 is 5.11 Å². The maximum atomic E-state index is 9.66. The van der Waals surface area contributed by atoms with Gasteiger partial charge in [-0.05, 0) is 45.7 Å². The zero-order valence-electron chi connectivity index (χ0n) is 14.0. The van der Waals surface area contributed by atoms with E-state index in [-0.39, 0.29) is 12.1 Å². The molecule has 0 amide bonds. The summed E-state index contributed by atoms with van der Waals surface area (Å²) in [6.45, 7) is 16.8. The first-order chi connectivity index (χ1) is 8.92. The maximum absolute atomic E-state index is 9.66. The van der Waals surface area contributed by atoms with Crippen molar-refractivity contribution in [2.75, 3.05) is 26.2 Å². The second-order valence-electron chi connectivity index (χ2n) is 6.30. The molecular weight excluding hydrogens is 236 g/mol. The average Bonchev–Trinajstić information content (AvgIpc) is 2.41. The Morgan fingerprint density at radius 1 is 1.21 bits per heavy atom. The van der Waals surface area contributed by atoms with Crippen LogP contribution in [0, 0.1) is 5.92 Å². The van der Waals surface area contributed by atoms with Gasteiger partial charge in [-0.25, -0.2) is 0 Å². The summed E-state index contributed by atoms with van der Waals surface area (Å²) in [5.74, 6) is 0.742. The lowest BCUT2D eigenvalue weighted by Gasteiger charge is -2.37. The summed E-state index contributed by atoms with van der Waals surface area (Å²) in [5.41, 5.74) is -0.154. The number of nitrogens with one attached hydrogen (secondary N) is 1. The third-order valence-electron chi connectivity index (χ3n) is 4.17. The highest BCUT2D eigenvalue weighted by molar-refractivity contribution is 4.87. The lowest BCUT2D eigenvalue weighted by atomic mass is 9.93. The molecule has 3 unspecified atom stereocenters. The Kier molecular flexibility index (Phi) is 9.67. The van der Waals surface area contributed by atoms with Crippen molar-refractivity contribution in [3.05, 3.63) is 0 Å². The van der Waals surface area contributed by atoms with Gasteiger partial charge in [0.25, 0.3) is 0 Å². The van der Waals surface area contributed by atoms with Gasteiger partial charge in [0.15, 0.2) is 0 Å². The van der Waals surface area contributed by atoms with Gasteiger partial charge in [0, 0.05) is 18.1 Å². The monoisotopic (exact) mass is 272 g/mol. The Morgan fingerprint density at radius 2 is 1.84 bits per heavy atom. The van der Waals surface area contributed by atoms with Crippen LogP contribution in [0.5, 0.6) is 0 Å². The van der Waals surface area contributed by atoms with Gasteiger partial charge < -0.3 is 15.3 Å². The van der Waals surface area contributed by atoms with Crippen LogP contribution in [-0.2, 0) is 0 Å². The fraction of sp³-hybridized carbons (Fsp3) is 1.00. The summed E-state index contributed by atoms with van der Waals surface area (Å²) in [7, 11) is 0. The summed E-state index contributed by atoms with van der Waals surface area (Å²) in [6.07, 6.45) is 3.33. The Labute approximate surface area is 120 Å². The minimum Gasteiger partial charge on any atom is -0.394 e. The van der Waals surface area contributed by atoms with E-state index in [1.165, 1.54) is 6.42 Å². The standard InChI is InChI=1S/C16H36N2O/c1-7-10-17-16(6,13-19)11-15(5)18(9-3)12-14(4)8-2/h14-15,17,19H,7-13H2,1-6H3. The minimum absolute atomic E-state index is 0.154. The molecule has 0 aromatic rings. The molecule has 0 aliphatic rings. The highest BCUT2D eigenvalue weighted by atomic mass is 16.3. The van der Waals surface area contributed by atoms with Crippen molar-refractivity contribution in [2.24, 2.45) is 5.92 Å². The molecule has 0 rings (SSSR count). The predicted octanol–water partition coefficient (Wildman–Crippen LogP) is 2.88. The normalized spacial score (nSPS) is 18.3. The van der Waals surface area contributed by atoms with Gasteiger partial charge >= 0.3 is 0 Å². The fourth-order valence-corrected chi connectivity index (χ4v) is 2.55. The van der Waals surface area contributed by atoms with E-state index in [4.69, 9.17) is 0 Å². The van der Waals surface area contributed by atoms with Crippen LogP contribution in [0.1, 0.15) is 60.8 Å². The Hall–Kier alpha value is -0.120. The van der Waals surface area contributed by atoms with Crippen LogP contribution in [0.15, 0.2) is 0 Å². The number of aliphatic hydroxyl groups is 1. The summed E-state index contributed by atoms with van der Waals surface area (Å²) in [6, 6.07) is 0.500. The molecule has 0 saturated heterocycles. The van der Waals surface area contributed by atoms with Gasteiger partial charge in [0.1, 0.15) is 0 Å². The molecule has 0 aromatic heterocycles. The molecule has 3 heteroatoms. The van der Waals surface area contributed by atoms with Crippen LogP contribution in [0.4, 0.5) is 0 Å². The first-order valence-corrected chi connectivity index (χ1v) is 8.02. The smallest absolute Gasteiger partial charge is 0.0611 e. The molecule has 3 nitrogen and oxygen atoms in total. The molecule has 0 radical (unpaired) electrons. The zero-order chi connectivity index (χ0) is 14.9. The van der Waals surface area contributed by atoms with Crippen LogP contribution in [0.2, 0.25) is 0 Å². The van der Waals surface area contributed by atoms with Crippen LogP contribution >= 0.6 is 0 Å². The summed E-state index contributed by atoms with van der Waals surface area (Å²) in [5, 5.41) is 13.2. The second-order valence-corrected chi connectivity index (χ2v) is 6.30. The number of hydrogen-bond donors (Lipinski definition) is 2. The SMILES string of the molecule is CCCNC(C)(CO)CC(C)N(CC)CC(C)CC. The summed E-state index contributed by atoms with van der Waals surface area (Å²) < 4.78 is 0. The summed E-state index contributed by atoms with van der Waals surface area (Å²) in [4.78, 5) is 2.54. The van der Waals surface area contributed by atoms with Crippen LogP contribution in [0.3, 0.4) is 0 Å². The van der Waals surface area contributed by atoms with E-state index in [2.05, 4.69) is 51.8 Å². The van der Waals surface area contributed by atoms with Crippen molar-refractivity contribution in [1.82, 2.24) is 10.2 Å². The molecule has 0 bridgehead atoms. The third-order valence-corrected chi connectivity index (χ3v) is 4.17. The lowest BCUT2D eigenvalue weighted by molar-refractivity contribution is 0.109. The van der Waals surface area contributed by atoms with Crippen LogP contribution < -0.4 is 5.32 Å². The molecule has 0 heterocycles. The van der Waals surface area contributed by atoms with E-state index in [0.717, 1.165) is 38.4 Å². The van der Waals surface area contributed by atoms with Crippen molar-refractivity contribution in [3.63, 3.8) is 0 Å². The lowest BCUT2D eigenvalue weighted by Crippen LogP contribution is -2.51. The van der Waals surface area contributed by atoms with Crippen LogP contribution in [0.25, 0.3) is 0 Å². The van der Waals surface area contributed by atoms with E-state index >= 15 is 0 Å². The molecule has 0 aliphatic heterocycles. The number of aliphatic hydroxyl groups excluding tert-OH is 1. The Morgan fingerprint density at radius 3 is 2.26 bits per heavy atom. The van der Waals surface area contributed by atoms with Crippen molar-refractivity contribution >= 4 is 0 Å². The van der Waals surface area contributed by atoms with Crippen molar-refractivity contribution in [2.45, 2.75) is 72.4 Å². The van der Waals surface area contributed by atoms with Crippen molar-refractivity contribution in [1.29, 1.82) is 0 Å². The maximum Gasteiger partial charge on any atom is 0.0611 e. The van der Waals surface area contributed by atoms with Gasteiger partial charge in [0.2, 0.25) is 0 Å². The van der Waals surface area contributed by atoms with E-state index < -0.39 is 0 Å². The molecule has 0 fully saturated rings. The highest BCUT2D eigenvalue weighted by Gasteiger charge is 2.27. The molecule has 0 spiro atoms. The van der Waals surface area contributed by atoms with E-state index in [1.807, 2.05) is 0 Å². The molecule has 3 atom stereocenters. The Bertz CT molecular complexity index is 223. The number of nitrogens with zero attached hydrogens (tertiary/aromatic N) is 1. The molecule has 116 valence electrons. The molecule has 0 saturated carbocycles. The average molecular weight is 272 g/mol. The van der Waals surface area contributed by atoms with Gasteiger partial charge in [-0.1, -0.05) is 34.1 Å². The quantitative estimate of drug-likeness (QED) is 0.607. The van der Waals surface area contributed by atoms with E-state index in [9.17, 15) is 5.11 Å². The molecule has 0 aliphatic carbocycles. The molecular formula is C16H36N2O. The Balaban J connectivity index is 4.46. The topological polar surface area (TPSA) is 35.5 Å². The van der Waals surface area contributed by atoms with E-state index in [1.54, 1.807) is 0 Å². The van der Waals surface area contributed by atoms with Gasteiger partial charge in [-0.15, -0.1) is 0 Å². The first kappa shape index (κ1) is 18.9.